The summed E-state index contributed by atoms with van der Waals surface area (Å²) in [6.07, 6.45) is 5.84. The van der Waals surface area contributed by atoms with Crippen LogP contribution in [0.15, 0.2) is 146 Å². The van der Waals surface area contributed by atoms with Gasteiger partial charge in [0, 0.05) is 72.0 Å². The molecular weight excluding hydrogens is 753 g/mol. The molecule has 0 radical (unpaired) electrons. The summed E-state index contributed by atoms with van der Waals surface area (Å²) in [7, 11) is 0. The number of terminal acetylenes is 1. The van der Waals surface area contributed by atoms with Crippen LogP contribution in [0.3, 0.4) is 0 Å². The Morgan fingerprint density at radius 1 is 0.306 bits per heavy atom. The maximum atomic E-state index is 5.84. The number of aromatic nitrogens is 4. The molecule has 1 aliphatic rings. The molecule has 9 rings (SSSR count). The smallest absolute Gasteiger partial charge is 0.0485 e. The van der Waals surface area contributed by atoms with E-state index >= 15 is 0 Å². The zero-order chi connectivity index (χ0) is 43.6. The van der Waals surface area contributed by atoms with E-state index in [0.717, 1.165) is 94.3 Å². The molecule has 5 heterocycles. The van der Waals surface area contributed by atoms with Crippen molar-refractivity contribution in [3.05, 3.63) is 234 Å². The van der Waals surface area contributed by atoms with Crippen molar-refractivity contribution in [2.24, 2.45) is 0 Å². The van der Waals surface area contributed by atoms with Crippen LogP contribution in [0.2, 0.25) is 0 Å². The maximum absolute atomic E-state index is 5.84. The molecule has 8 bridgehead atoms. The summed E-state index contributed by atoms with van der Waals surface area (Å²) in [6.45, 7) is 20.4. The molecule has 4 nitrogen and oxygen atoms in total. The van der Waals surface area contributed by atoms with E-state index in [4.69, 9.17) is 6.42 Å². The summed E-state index contributed by atoms with van der Waals surface area (Å²) < 4.78 is 0. The third-order valence-corrected chi connectivity index (χ3v) is 12.4. The quantitative estimate of drug-likeness (QED) is 0.128. The molecule has 4 N–H and O–H groups in total. The van der Waals surface area contributed by atoms with Crippen molar-refractivity contribution >= 4 is 22.3 Å². The second-order valence-corrected chi connectivity index (χ2v) is 19.8. The first-order chi connectivity index (χ1) is 29.5. The minimum absolute atomic E-state index is 0.0328. The summed E-state index contributed by atoms with van der Waals surface area (Å²) in [4.78, 5) is 15.7. The highest BCUT2D eigenvalue weighted by atomic mass is 14.8. The molecule has 308 valence electrons. The summed E-state index contributed by atoms with van der Waals surface area (Å²) >= 11 is 0. The molecule has 4 heteroatoms. The molecule has 62 heavy (non-hydrogen) atoms. The number of fused-ring (bicyclic) bond motifs is 8. The highest BCUT2D eigenvalue weighted by Crippen LogP contribution is 2.32. The van der Waals surface area contributed by atoms with Crippen molar-refractivity contribution in [1.82, 2.24) is 19.9 Å². The number of aromatic amines is 4. The zero-order valence-electron chi connectivity index (χ0n) is 37.4. The summed E-state index contributed by atoms with van der Waals surface area (Å²) in [5.41, 5.74) is 17.7. The topological polar surface area (TPSA) is 63.2 Å². The highest BCUT2D eigenvalue weighted by molar-refractivity contribution is 5.85. The molecule has 0 fully saturated rings. The van der Waals surface area contributed by atoms with Gasteiger partial charge in [0.15, 0.2) is 0 Å². The SMILES string of the molecule is C#Cc1ccc(C2=c3ccc([nH]3)=C(c3ccc(C(C)(C)C)cc3)c3ccc([nH]3)C(c3ccc(C(C)(C)C)cc3)=c3ccc([nH]3)=C(c3ccc(C(C)(C)C)cc3)c3ccc2[nH]3)cc1. The molecule has 0 saturated carbocycles. The Balaban J connectivity index is 1.39. The van der Waals surface area contributed by atoms with E-state index in [-0.39, 0.29) is 16.2 Å². The Morgan fingerprint density at radius 3 is 0.774 bits per heavy atom. The standard InChI is InChI=1S/C58H56N4/c1-11-36-12-14-37(15-13-36)52-44-28-30-46(59-44)53(38-16-22-41(23-17-38)56(2,3)4)48-32-34-50(61-48)55(40-20-26-43(27-21-40)58(8,9)10)51-35-33-49(62-51)54(47-31-29-45(52)60-47)39-18-24-42(25-19-39)57(5,6)7/h1,12-35,59-62H,2-10H3. The molecule has 0 amide bonds. The number of hydrogen-bond acceptors (Lipinski definition) is 0. The van der Waals surface area contributed by atoms with Crippen molar-refractivity contribution in [2.75, 3.05) is 0 Å². The maximum Gasteiger partial charge on any atom is 0.0485 e. The van der Waals surface area contributed by atoms with Gasteiger partial charge in [0.1, 0.15) is 0 Å². The predicted molar refractivity (Wildman–Crippen MR) is 258 cm³/mol. The van der Waals surface area contributed by atoms with E-state index in [1.54, 1.807) is 0 Å². The minimum atomic E-state index is 0.0328. The van der Waals surface area contributed by atoms with Crippen LogP contribution in [0.25, 0.3) is 22.3 Å². The lowest BCUT2D eigenvalue weighted by atomic mass is 9.86. The van der Waals surface area contributed by atoms with Crippen molar-refractivity contribution in [1.29, 1.82) is 0 Å². The molecular formula is C58H56N4. The minimum Gasteiger partial charge on any atom is -0.354 e. The van der Waals surface area contributed by atoms with Crippen LogP contribution in [0, 0.1) is 12.3 Å². The Kier molecular flexibility index (Phi) is 9.91. The average Bonchev–Trinajstić information content (AvgIpc) is 4.09. The molecule has 0 saturated heterocycles. The van der Waals surface area contributed by atoms with Gasteiger partial charge in [-0.3, -0.25) is 0 Å². The third-order valence-electron chi connectivity index (χ3n) is 12.4. The molecule has 0 atom stereocenters. The second kappa shape index (κ2) is 15.2. The summed E-state index contributed by atoms with van der Waals surface area (Å²) in [6, 6.07) is 53.2. The summed E-state index contributed by atoms with van der Waals surface area (Å²) in [5.74, 6) is 2.80. The number of benzene rings is 4. The van der Waals surface area contributed by atoms with Crippen LogP contribution >= 0.6 is 0 Å². The number of rotatable bonds is 4. The normalized spacial score (nSPS) is 13.4. The van der Waals surface area contributed by atoms with Crippen molar-refractivity contribution in [3.8, 4) is 12.3 Å². The van der Waals surface area contributed by atoms with E-state index < -0.39 is 0 Å². The highest BCUT2D eigenvalue weighted by Gasteiger charge is 2.21. The largest absolute Gasteiger partial charge is 0.354 e. The third kappa shape index (κ3) is 7.65. The van der Waals surface area contributed by atoms with Crippen LogP contribution in [-0.2, 0) is 16.2 Å². The lowest BCUT2D eigenvalue weighted by molar-refractivity contribution is 0.590. The van der Waals surface area contributed by atoms with Crippen LogP contribution < -0.4 is 21.4 Å². The van der Waals surface area contributed by atoms with E-state index in [9.17, 15) is 0 Å². The molecule has 0 spiro atoms. The van der Waals surface area contributed by atoms with E-state index in [0.29, 0.717) is 0 Å². The Bertz CT molecular complexity index is 3240. The predicted octanol–water partition coefficient (Wildman–Crippen LogP) is 10.2. The summed E-state index contributed by atoms with van der Waals surface area (Å²) in [5, 5.41) is 4.05. The lowest BCUT2D eigenvalue weighted by Gasteiger charge is -2.19. The van der Waals surface area contributed by atoms with Crippen molar-refractivity contribution in [3.63, 3.8) is 0 Å². The number of hydrogen-bond donors (Lipinski definition) is 4. The van der Waals surface area contributed by atoms with Gasteiger partial charge in [-0.1, -0.05) is 153 Å². The molecule has 4 aromatic carbocycles. The first kappa shape index (κ1) is 40.4. The fourth-order valence-electron chi connectivity index (χ4n) is 8.72. The lowest BCUT2D eigenvalue weighted by Crippen LogP contribution is -2.19. The first-order valence-corrected chi connectivity index (χ1v) is 21.7. The van der Waals surface area contributed by atoms with Crippen molar-refractivity contribution < 1.29 is 0 Å². The average molecular weight is 809 g/mol. The molecule has 0 aliphatic carbocycles. The van der Waals surface area contributed by atoms with Crippen LogP contribution in [0.1, 0.15) is 130 Å². The number of nitrogens with one attached hydrogen (secondary N) is 4. The van der Waals surface area contributed by atoms with E-state index in [1.807, 2.05) is 12.1 Å². The second-order valence-electron chi connectivity index (χ2n) is 19.8. The fourth-order valence-corrected chi connectivity index (χ4v) is 8.72. The van der Waals surface area contributed by atoms with Gasteiger partial charge >= 0.3 is 0 Å². The van der Waals surface area contributed by atoms with Crippen LogP contribution in [0.4, 0.5) is 0 Å². The van der Waals surface area contributed by atoms with E-state index in [1.165, 1.54) is 16.7 Å². The van der Waals surface area contributed by atoms with Gasteiger partial charge in [-0.15, -0.1) is 6.42 Å². The number of H-pyrrole nitrogens is 4. The van der Waals surface area contributed by atoms with Crippen molar-refractivity contribution in [2.45, 2.75) is 78.6 Å². The van der Waals surface area contributed by atoms with Crippen LogP contribution in [-0.4, -0.2) is 19.9 Å². The Hall–Kier alpha value is -6.96. The van der Waals surface area contributed by atoms with Gasteiger partial charge in [0.05, 0.1) is 0 Å². The van der Waals surface area contributed by atoms with Gasteiger partial charge in [-0.2, -0.15) is 0 Å². The van der Waals surface area contributed by atoms with E-state index in [2.05, 4.69) is 222 Å². The fraction of sp³-hybridized carbons (Fsp3) is 0.207. The van der Waals surface area contributed by atoms with Gasteiger partial charge in [0.2, 0.25) is 0 Å². The van der Waals surface area contributed by atoms with Gasteiger partial charge < -0.3 is 19.9 Å². The van der Waals surface area contributed by atoms with Crippen LogP contribution in [0.5, 0.6) is 0 Å². The monoisotopic (exact) mass is 808 g/mol. The van der Waals surface area contributed by atoms with Gasteiger partial charge in [0.25, 0.3) is 0 Å². The molecule has 4 aromatic heterocycles. The Labute approximate surface area is 365 Å². The first-order valence-electron chi connectivity index (χ1n) is 21.7. The van der Waals surface area contributed by atoms with Gasteiger partial charge in [-0.25, -0.2) is 0 Å². The molecule has 0 unspecified atom stereocenters. The van der Waals surface area contributed by atoms with Gasteiger partial charge in [-0.05, 0) is 116 Å². The Morgan fingerprint density at radius 2 is 0.548 bits per heavy atom. The zero-order valence-corrected chi connectivity index (χ0v) is 37.4. The molecule has 8 aromatic rings. The molecule has 1 aliphatic heterocycles.